The average molecular weight is 371 g/mol. The van der Waals surface area contributed by atoms with Crippen LogP contribution in [0.4, 0.5) is 0 Å². The Hall–Kier alpha value is -1.99. The summed E-state index contributed by atoms with van der Waals surface area (Å²) in [6.07, 6.45) is 7.95. The normalized spacial score (nSPS) is 20.0. The van der Waals surface area contributed by atoms with Crippen LogP contribution in [0.15, 0.2) is 22.9 Å². The van der Waals surface area contributed by atoms with Gasteiger partial charge < -0.3 is 14.2 Å². The van der Waals surface area contributed by atoms with Crippen molar-refractivity contribution in [2.24, 2.45) is 0 Å². The highest BCUT2D eigenvalue weighted by molar-refractivity contribution is 5.60. The van der Waals surface area contributed by atoms with Crippen LogP contribution in [0, 0.1) is 0 Å². The van der Waals surface area contributed by atoms with Crippen molar-refractivity contribution in [3.63, 3.8) is 0 Å². The van der Waals surface area contributed by atoms with Gasteiger partial charge in [0.05, 0.1) is 12.1 Å². The van der Waals surface area contributed by atoms with E-state index in [0.717, 1.165) is 51.1 Å². The lowest BCUT2D eigenvalue weighted by molar-refractivity contribution is 0.121. The van der Waals surface area contributed by atoms with Gasteiger partial charge in [-0.3, -0.25) is 4.90 Å². The highest BCUT2D eigenvalue weighted by Gasteiger charge is 2.22. The van der Waals surface area contributed by atoms with E-state index in [1.165, 1.54) is 19.3 Å². The summed E-state index contributed by atoms with van der Waals surface area (Å²) in [7, 11) is 0. The minimum atomic E-state index is 0.244. The van der Waals surface area contributed by atoms with Gasteiger partial charge in [0.15, 0.2) is 0 Å². The fraction of sp³-hybridized carbons (Fsp3) is 0.650. The number of nitrogens with zero attached hydrogens (tertiary/aromatic N) is 5. The molecule has 2 aromatic rings. The molecule has 1 saturated carbocycles. The first-order valence-electron chi connectivity index (χ1n) is 10.2. The van der Waals surface area contributed by atoms with Crippen LogP contribution >= 0.6 is 0 Å². The molecule has 0 amide bonds. The number of likely N-dealkylation sites (N-methyl/N-ethyl adjacent to an activating group) is 1. The number of piperazine rings is 1. The van der Waals surface area contributed by atoms with E-state index in [0.29, 0.717) is 24.1 Å². The summed E-state index contributed by atoms with van der Waals surface area (Å²) in [4.78, 5) is 13.9. The molecule has 4 rings (SSSR count). The first-order valence-corrected chi connectivity index (χ1v) is 10.2. The Morgan fingerprint density at radius 2 is 1.89 bits per heavy atom. The van der Waals surface area contributed by atoms with Crippen LogP contribution in [0.5, 0.6) is 5.88 Å². The standard InChI is InChI=1S/C20H29N5O2/c1-2-24-11-13-25(14-12-24)15-18-22-19(23-27-18)17-9-6-10-21-20(17)26-16-7-4-3-5-8-16/h6,9-10,16H,2-5,7-8,11-15H2,1H3. The molecule has 0 unspecified atom stereocenters. The van der Waals surface area contributed by atoms with Gasteiger partial charge in [-0.1, -0.05) is 18.5 Å². The van der Waals surface area contributed by atoms with Crippen molar-refractivity contribution in [1.82, 2.24) is 24.9 Å². The lowest BCUT2D eigenvalue weighted by atomic mass is 9.98. The van der Waals surface area contributed by atoms with Crippen molar-refractivity contribution in [3.05, 3.63) is 24.2 Å². The van der Waals surface area contributed by atoms with Gasteiger partial charge in [-0.15, -0.1) is 0 Å². The molecule has 0 spiro atoms. The van der Waals surface area contributed by atoms with Gasteiger partial charge in [-0.2, -0.15) is 4.98 Å². The van der Waals surface area contributed by atoms with Crippen molar-refractivity contribution in [2.75, 3.05) is 32.7 Å². The van der Waals surface area contributed by atoms with Crippen molar-refractivity contribution in [3.8, 4) is 17.3 Å². The molecule has 2 aromatic heterocycles. The molecule has 0 N–H and O–H groups in total. The molecule has 146 valence electrons. The van der Waals surface area contributed by atoms with Gasteiger partial charge >= 0.3 is 0 Å². The van der Waals surface area contributed by atoms with Crippen LogP contribution in [0.2, 0.25) is 0 Å². The van der Waals surface area contributed by atoms with Gasteiger partial charge in [-0.05, 0) is 44.4 Å². The molecular formula is C20H29N5O2. The molecule has 2 fully saturated rings. The molecule has 0 aromatic carbocycles. The lowest BCUT2D eigenvalue weighted by Crippen LogP contribution is -2.45. The average Bonchev–Trinajstić information content (AvgIpc) is 3.18. The number of rotatable bonds is 6. The van der Waals surface area contributed by atoms with Gasteiger partial charge in [0.1, 0.15) is 6.10 Å². The molecule has 0 bridgehead atoms. The molecule has 1 saturated heterocycles. The summed E-state index contributed by atoms with van der Waals surface area (Å²) in [5.74, 6) is 1.84. The highest BCUT2D eigenvalue weighted by Crippen LogP contribution is 2.29. The van der Waals surface area contributed by atoms with Crippen molar-refractivity contribution >= 4 is 0 Å². The molecule has 7 heteroatoms. The van der Waals surface area contributed by atoms with E-state index in [-0.39, 0.29) is 6.10 Å². The summed E-state index contributed by atoms with van der Waals surface area (Å²) in [6.45, 7) is 8.29. The number of aromatic nitrogens is 3. The maximum atomic E-state index is 6.18. The smallest absolute Gasteiger partial charge is 0.241 e. The molecule has 7 nitrogen and oxygen atoms in total. The monoisotopic (exact) mass is 371 g/mol. The Bertz CT molecular complexity index is 721. The van der Waals surface area contributed by atoms with E-state index in [1.807, 2.05) is 12.1 Å². The molecule has 27 heavy (non-hydrogen) atoms. The first-order chi connectivity index (χ1) is 13.3. The third-order valence-corrected chi connectivity index (χ3v) is 5.58. The van der Waals surface area contributed by atoms with E-state index in [2.05, 4.69) is 31.8 Å². The number of hydrogen-bond acceptors (Lipinski definition) is 7. The van der Waals surface area contributed by atoms with E-state index in [9.17, 15) is 0 Å². The first kappa shape index (κ1) is 18.4. The zero-order chi connectivity index (χ0) is 18.5. The van der Waals surface area contributed by atoms with E-state index >= 15 is 0 Å². The SMILES string of the molecule is CCN1CCN(Cc2nc(-c3cccnc3OC3CCCCC3)no2)CC1. The second-order valence-corrected chi connectivity index (χ2v) is 7.46. The van der Waals surface area contributed by atoms with E-state index < -0.39 is 0 Å². The van der Waals surface area contributed by atoms with Gasteiger partial charge in [0, 0.05) is 32.4 Å². The van der Waals surface area contributed by atoms with Crippen molar-refractivity contribution in [2.45, 2.75) is 51.7 Å². The topological polar surface area (TPSA) is 67.5 Å². The quantitative estimate of drug-likeness (QED) is 0.773. The van der Waals surface area contributed by atoms with Crippen LogP contribution in [-0.4, -0.2) is 63.8 Å². The fourth-order valence-electron chi connectivity index (χ4n) is 3.88. The summed E-state index contributed by atoms with van der Waals surface area (Å²) >= 11 is 0. The van der Waals surface area contributed by atoms with Crippen LogP contribution < -0.4 is 4.74 Å². The molecule has 3 heterocycles. The molecule has 2 aliphatic rings. The molecule has 0 radical (unpaired) electrons. The third kappa shape index (κ3) is 4.65. The van der Waals surface area contributed by atoms with Crippen LogP contribution in [-0.2, 0) is 6.54 Å². The molecule has 1 aliphatic heterocycles. The lowest BCUT2D eigenvalue weighted by Gasteiger charge is -2.33. The minimum Gasteiger partial charge on any atom is -0.474 e. The van der Waals surface area contributed by atoms with E-state index in [1.54, 1.807) is 6.20 Å². The summed E-state index contributed by atoms with van der Waals surface area (Å²) in [6, 6.07) is 3.85. The maximum Gasteiger partial charge on any atom is 0.241 e. The number of hydrogen-bond donors (Lipinski definition) is 0. The Balaban J connectivity index is 1.42. The second-order valence-electron chi connectivity index (χ2n) is 7.46. The summed E-state index contributed by atoms with van der Waals surface area (Å²) < 4.78 is 11.7. The number of pyridine rings is 1. The largest absolute Gasteiger partial charge is 0.474 e. The Labute approximate surface area is 160 Å². The minimum absolute atomic E-state index is 0.244. The molecular weight excluding hydrogens is 342 g/mol. The van der Waals surface area contributed by atoms with Crippen molar-refractivity contribution in [1.29, 1.82) is 0 Å². The third-order valence-electron chi connectivity index (χ3n) is 5.58. The molecule has 0 atom stereocenters. The summed E-state index contributed by atoms with van der Waals surface area (Å²) in [5.41, 5.74) is 0.814. The van der Waals surface area contributed by atoms with Crippen LogP contribution in [0.25, 0.3) is 11.4 Å². The van der Waals surface area contributed by atoms with Crippen LogP contribution in [0.3, 0.4) is 0 Å². The van der Waals surface area contributed by atoms with Gasteiger partial charge in [-0.25, -0.2) is 4.98 Å². The predicted molar refractivity (Wildman–Crippen MR) is 102 cm³/mol. The fourth-order valence-corrected chi connectivity index (χ4v) is 3.88. The maximum absolute atomic E-state index is 6.18. The van der Waals surface area contributed by atoms with E-state index in [4.69, 9.17) is 9.26 Å². The Kier molecular flexibility index (Phi) is 5.99. The van der Waals surface area contributed by atoms with Crippen LogP contribution in [0.1, 0.15) is 44.9 Å². The summed E-state index contributed by atoms with van der Waals surface area (Å²) in [5, 5.41) is 4.19. The number of ether oxygens (including phenoxy) is 1. The van der Waals surface area contributed by atoms with Gasteiger partial charge in [0.25, 0.3) is 0 Å². The zero-order valence-electron chi connectivity index (χ0n) is 16.1. The Morgan fingerprint density at radius 3 is 2.67 bits per heavy atom. The predicted octanol–water partition coefficient (Wildman–Crippen LogP) is 2.98. The zero-order valence-corrected chi connectivity index (χ0v) is 16.1. The van der Waals surface area contributed by atoms with Gasteiger partial charge in [0.2, 0.25) is 17.6 Å². The molecule has 1 aliphatic carbocycles. The second kappa shape index (κ2) is 8.80. The Morgan fingerprint density at radius 1 is 1.11 bits per heavy atom. The highest BCUT2D eigenvalue weighted by atomic mass is 16.5. The van der Waals surface area contributed by atoms with Crippen molar-refractivity contribution < 1.29 is 9.26 Å².